The van der Waals surface area contributed by atoms with Gasteiger partial charge in [-0.05, 0) is 0 Å². The van der Waals surface area contributed by atoms with E-state index in [0.29, 0.717) is 0 Å². The van der Waals surface area contributed by atoms with Crippen LogP contribution in [0.5, 0.6) is 5.75 Å². The molecular formula is C7HF7O. The van der Waals surface area contributed by atoms with Crippen molar-refractivity contribution in [1.82, 2.24) is 0 Å². The van der Waals surface area contributed by atoms with Gasteiger partial charge in [0.05, 0.1) is 0 Å². The fraction of sp³-hybridized carbons (Fsp3) is 0.143. The first-order valence-electron chi connectivity index (χ1n) is 3.31. The number of alkyl halides is 3. The SMILES string of the molecule is Fc1cc(F)c(F)c(OC(F)(F)F)c1F. The second kappa shape index (κ2) is 3.59. The molecule has 8 heteroatoms. The molecule has 1 aromatic carbocycles. The highest BCUT2D eigenvalue weighted by atomic mass is 19.4. The summed E-state index contributed by atoms with van der Waals surface area (Å²) in [7, 11) is 0. The van der Waals surface area contributed by atoms with Gasteiger partial charge in [0.2, 0.25) is 17.4 Å². The second-order valence-electron chi connectivity index (χ2n) is 2.35. The maximum Gasteiger partial charge on any atom is 0.573 e. The molecule has 0 fully saturated rings. The quantitative estimate of drug-likeness (QED) is 0.535. The molecule has 84 valence electrons. The van der Waals surface area contributed by atoms with Gasteiger partial charge in [0.25, 0.3) is 0 Å². The van der Waals surface area contributed by atoms with Gasteiger partial charge in [-0.3, -0.25) is 0 Å². The smallest absolute Gasteiger partial charge is 0.399 e. The number of ether oxygens (including phenoxy) is 1. The average molecular weight is 234 g/mol. The van der Waals surface area contributed by atoms with E-state index in [4.69, 9.17) is 0 Å². The summed E-state index contributed by atoms with van der Waals surface area (Å²) in [6.07, 6.45) is -5.44. The molecule has 0 unspecified atom stereocenters. The van der Waals surface area contributed by atoms with E-state index < -0.39 is 35.4 Å². The van der Waals surface area contributed by atoms with Crippen LogP contribution in [0.15, 0.2) is 6.07 Å². The summed E-state index contributed by atoms with van der Waals surface area (Å²) in [5, 5.41) is 0. The van der Waals surface area contributed by atoms with Crippen LogP contribution in [0.1, 0.15) is 0 Å². The van der Waals surface area contributed by atoms with Crippen LogP contribution >= 0.6 is 0 Å². The van der Waals surface area contributed by atoms with E-state index in [1.165, 1.54) is 0 Å². The fourth-order valence-corrected chi connectivity index (χ4v) is 0.757. The van der Waals surface area contributed by atoms with Crippen molar-refractivity contribution in [2.45, 2.75) is 6.36 Å². The Hall–Kier alpha value is -1.47. The first kappa shape index (κ1) is 11.6. The molecule has 0 spiro atoms. The Balaban J connectivity index is 3.27. The minimum absolute atomic E-state index is 0.228. The largest absolute Gasteiger partial charge is 0.573 e. The molecule has 0 aliphatic rings. The van der Waals surface area contributed by atoms with Crippen LogP contribution in [0, 0.1) is 23.3 Å². The molecule has 0 aliphatic carbocycles. The maximum absolute atomic E-state index is 12.6. The molecule has 0 heterocycles. The highest BCUT2D eigenvalue weighted by Crippen LogP contribution is 2.31. The molecule has 0 bridgehead atoms. The maximum atomic E-state index is 12.6. The number of rotatable bonds is 1. The van der Waals surface area contributed by atoms with Crippen LogP contribution in [0.2, 0.25) is 0 Å². The highest BCUT2D eigenvalue weighted by molar-refractivity contribution is 5.28. The predicted molar refractivity (Wildman–Crippen MR) is 33.0 cm³/mol. The van der Waals surface area contributed by atoms with E-state index in [2.05, 4.69) is 4.74 Å². The Morgan fingerprint density at radius 1 is 0.867 bits per heavy atom. The van der Waals surface area contributed by atoms with Crippen LogP contribution in [0.25, 0.3) is 0 Å². The van der Waals surface area contributed by atoms with Gasteiger partial charge in [-0.1, -0.05) is 0 Å². The Bertz CT molecular complexity index is 358. The molecule has 0 aromatic heterocycles. The second-order valence-corrected chi connectivity index (χ2v) is 2.35. The van der Waals surface area contributed by atoms with Crippen LogP contribution in [-0.2, 0) is 0 Å². The first-order valence-corrected chi connectivity index (χ1v) is 3.31. The van der Waals surface area contributed by atoms with Crippen molar-refractivity contribution in [1.29, 1.82) is 0 Å². The molecule has 1 rings (SSSR count). The number of hydrogen-bond donors (Lipinski definition) is 0. The Labute approximate surface area is 78.1 Å². The number of hydrogen-bond acceptors (Lipinski definition) is 1. The van der Waals surface area contributed by atoms with Gasteiger partial charge in [0.1, 0.15) is 0 Å². The van der Waals surface area contributed by atoms with E-state index in [1.807, 2.05) is 0 Å². The molecule has 0 N–H and O–H groups in total. The van der Waals surface area contributed by atoms with E-state index in [1.54, 1.807) is 0 Å². The van der Waals surface area contributed by atoms with Crippen molar-refractivity contribution in [2.75, 3.05) is 0 Å². The fourth-order valence-electron chi connectivity index (χ4n) is 0.757. The summed E-state index contributed by atoms with van der Waals surface area (Å²) in [5.41, 5.74) is 0. The minimum atomic E-state index is -5.44. The van der Waals surface area contributed by atoms with Gasteiger partial charge in [-0.2, -0.15) is 8.78 Å². The molecule has 0 radical (unpaired) electrons. The summed E-state index contributed by atoms with van der Waals surface area (Å²) >= 11 is 0. The molecule has 1 nitrogen and oxygen atoms in total. The lowest BCUT2D eigenvalue weighted by molar-refractivity contribution is -0.276. The standard InChI is InChI=1S/C7HF7O/c8-2-1-3(9)5(11)6(4(2)10)15-7(12,13)14/h1H. The predicted octanol–water partition coefficient (Wildman–Crippen LogP) is 3.14. The van der Waals surface area contributed by atoms with Gasteiger partial charge in [-0.15, -0.1) is 13.2 Å². The lowest BCUT2D eigenvalue weighted by Gasteiger charge is -2.10. The van der Waals surface area contributed by atoms with E-state index in [-0.39, 0.29) is 6.07 Å². The van der Waals surface area contributed by atoms with Crippen LogP contribution < -0.4 is 4.74 Å². The number of benzene rings is 1. The molecular weight excluding hydrogens is 233 g/mol. The highest BCUT2D eigenvalue weighted by Gasteiger charge is 2.35. The van der Waals surface area contributed by atoms with Crippen LogP contribution in [0.3, 0.4) is 0 Å². The van der Waals surface area contributed by atoms with Gasteiger partial charge in [0, 0.05) is 6.07 Å². The van der Waals surface area contributed by atoms with Crippen molar-refractivity contribution >= 4 is 0 Å². The summed E-state index contributed by atoms with van der Waals surface area (Å²) in [4.78, 5) is 0. The zero-order valence-electron chi connectivity index (χ0n) is 6.63. The molecule has 1 aromatic rings. The van der Waals surface area contributed by atoms with Crippen molar-refractivity contribution in [3.63, 3.8) is 0 Å². The van der Waals surface area contributed by atoms with Gasteiger partial charge in [-0.25, -0.2) is 8.78 Å². The molecule has 0 atom stereocenters. The normalized spacial score (nSPS) is 11.7. The third-order valence-corrected chi connectivity index (χ3v) is 1.29. The summed E-state index contributed by atoms with van der Waals surface area (Å²) in [6.45, 7) is 0. The first-order chi connectivity index (χ1) is 6.72. The van der Waals surface area contributed by atoms with E-state index in [0.717, 1.165) is 0 Å². The van der Waals surface area contributed by atoms with E-state index in [9.17, 15) is 30.7 Å². The Morgan fingerprint density at radius 3 is 1.60 bits per heavy atom. The minimum Gasteiger partial charge on any atom is -0.399 e. The van der Waals surface area contributed by atoms with Gasteiger partial charge < -0.3 is 4.74 Å². The molecule has 0 saturated heterocycles. The lowest BCUT2D eigenvalue weighted by atomic mass is 10.3. The molecule has 0 amide bonds. The van der Waals surface area contributed by atoms with E-state index >= 15 is 0 Å². The third kappa shape index (κ3) is 2.51. The zero-order chi connectivity index (χ0) is 11.8. The van der Waals surface area contributed by atoms with Crippen molar-refractivity contribution in [2.24, 2.45) is 0 Å². The van der Waals surface area contributed by atoms with Crippen molar-refractivity contribution in [3.05, 3.63) is 29.3 Å². The molecule has 0 saturated carbocycles. The Morgan fingerprint density at radius 2 is 1.27 bits per heavy atom. The number of halogens is 7. The van der Waals surface area contributed by atoms with Gasteiger partial charge >= 0.3 is 6.36 Å². The van der Waals surface area contributed by atoms with Crippen LogP contribution in [0.4, 0.5) is 30.7 Å². The van der Waals surface area contributed by atoms with Crippen molar-refractivity contribution in [3.8, 4) is 5.75 Å². The summed E-state index contributed by atoms with van der Waals surface area (Å²) < 4.78 is 87.4. The zero-order valence-corrected chi connectivity index (χ0v) is 6.63. The third-order valence-electron chi connectivity index (χ3n) is 1.29. The van der Waals surface area contributed by atoms with Crippen LogP contribution in [-0.4, -0.2) is 6.36 Å². The lowest BCUT2D eigenvalue weighted by Crippen LogP contribution is -2.19. The molecule has 0 aliphatic heterocycles. The van der Waals surface area contributed by atoms with Crippen molar-refractivity contribution < 1.29 is 35.5 Å². The summed E-state index contributed by atoms with van der Waals surface area (Å²) in [6, 6.07) is -0.228. The Kier molecular flexibility index (Phi) is 2.78. The topological polar surface area (TPSA) is 9.23 Å². The van der Waals surface area contributed by atoms with Gasteiger partial charge in [0.15, 0.2) is 11.6 Å². The average Bonchev–Trinajstić information content (AvgIpc) is 2.08. The monoisotopic (exact) mass is 234 g/mol. The summed E-state index contributed by atoms with van der Waals surface area (Å²) in [5.74, 6) is -10.6. The molecule has 15 heavy (non-hydrogen) atoms.